The summed E-state index contributed by atoms with van der Waals surface area (Å²) in [4.78, 5) is 0. The molecule has 2 aromatic carbocycles. The molecule has 0 saturated heterocycles. The lowest BCUT2D eigenvalue weighted by Gasteiger charge is -2.08. The van der Waals surface area contributed by atoms with Crippen molar-refractivity contribution in [3.8, 4) is 11.5 Å². The van der Waals surface area contributed by atoms with Crippen molar-refractivity contribution in [1.82, 2.24) is 5.32 Å². The molecule has 0 unspecified atom stereocenters. The molecule has 94 valence electrons. The number of rotatable bonds is 4. The second-order valence-corrected chi connectivity index (χ2v) is 3.85. The fraction of sp³-hybridized carbons (Fsp3) is 0.143. The molecular formula is C14H13F2NO. The maximum absolute atomic E-state index is 13.4. The van der Waals surface area contributed by atoms with Crippen molar-refractivity contribution < 1.29 is 13.5 Å². The summed E-state index contributed by atoms with van der Waals surface area (Å²) in [6.45, 7) is 0.698. The lowest BCUT2D eigenvalue weighted by atomic mass is 10.2. The SMILES string of the molecule is CNCc1cccc(Oc2ccc(F)cc2F)c1. The quantitative estimate of drug-likeness (QED) is 0.895. The number of halogens is 2. The van der Waals surface area contributed by atoms with Gasteiger partial charge in [0.2, 0.25) is 0 Å². The Hall–Kier alpha value is -1.94. The predicted octanol–water partition coefficient (Wildman–Crippen LogP) is 3.48. The summed E-state index contributed by atoms with van der Waals surface area (Å²) >= 11 is 0. The smallest absolute Gasteiger partial charge is 0.168 e. The van der Waals surface area contributed by atoms with Crippen molar-refractivity contribution in [1.29, 1.82) is 0 Å². The van der Waals surface area contributed by atoms with Crippen LogP contribution in [0, 0.1) is 11.6 Å². The lowest BCUT2D eigenvalue weighted by Crippen LogP contribution is -2.04. The van der Waals surface area contributed by atoms with Crippen LogP contribution in [0.4, 0.5) is 8.78 Å². The zero-order valence-electron chi connectivity index (χ0n) is 9.91. The number of hydrogen-bond acceptors (Lipinski definition) is 2. The van der Waals surface area contributed by atoms with Crippen LogP contribution in [-0.4, -0.2) is 7.05 Å². The Morgan fingerprint density at radius 3 is 2.67 bits per heavy atom. The highest BCUT2D eigenvalue weighted by atomic mass is 19.1. The van der Waals surface area contributed by atoms with Gasteiger partial charge in [-0.15, -0.1) is 0 Å². The van der Waals surface area contributed by atoms with Crippen LogP contribution < -0.4 is 10.1 Å². The van der Waals surface area contributed by atoms with Crippen molar-refractivity contribution >= 4 is 0 Å². The molecule has 2 rings (SSSR count). The Morgan fingerprint density at radius 2 is 1.94 bits per heavy atom. The van der Waals surface area contributed by atoms with Gasteiger partial charge in [0.15, 0.2) is 11.6 Å². The van der Waals surface area contributed by atoms with E-state index in [1.54, 1.807) is 12.1 Å². The first-order valence-corrected chi connectivity index (χ1v) is 5.55. The van der Waals surface area contributed by atoms with Crippen molar-refractivity contribution in [2.45, 2.75) is 6.54 Å². The Morgan fingerprint density at radius 1 is 1.11 bits per heavy atom. The first-order valence-electron chi connectivity index (χ1n) is 5.55. The van der Waals surface area contributed by atoms with E-state index < -0.39 is 11.6 Å². The molecule has 0 amide bonds. The molecule has 0 aliphatic heterocycles. The summed E-state index contributed by atoms with van der Waals surface area (Å²) < 4.78 is 31.5. The summed E-state index contributed by atoms with van der Waals surface area (Å²) in [5.74, 6) is -0.802. The van der Waals surface area contributed by atoms with Gasteiger partial charge >= 0.3 is 0 Å². The summed E-state index contributed by atoms with van der Waals surface area (Å²) in [5, 5.41) is 3.01. The molecule has 0 heterocycles. The monoisotopic (exact) mass is 249 g/mol. The van der Waals surface area contributed by atoms with Crippen LogP contribution in [0.15, 0.2) is 42.5 Å². The Balaban J connectivity index is 2.20. The fourth-order valence-electron chi connectivity index (χ4n) is 1.61. The van der Waals surface area contributed by atoms with Gasteiger partial charge in [-0.25, -0.2) is 8.78 Å². The summed E-state index contributed by atoms with van der Waals surface area (Å²) in [6.07, 6.45) is 0. The van der Waals surface area contributed by atoms with E-state index in [-0.39, 0.29) is 5.75 Å². The molecule has 0 radical (unpaired) electrons. The van der Waals surface area contributed by atoms with Crippen molar-refractivity contribution in [3.63, 3.8) is 0 Å². The van der Waals surface area contributed by atoms with E-state index in [0.717, 1.165) is 17.7 Å². The minimum Gasteiger partial charge on any atom is -0.454 e. The number of benzene rings is 2. The van der Waals surface area contributed by atoms with Gasteiger partial charge in [-0.3, -0.25) is 0 Å². The molecule has 0 fully saturated rings. The number of hydrogen-bond donors (Lipinski definition) is 1. The topological polar surface area (TPSA) is 21.3 Å². The maximum atomic E-state index is 13.4. The molecule has 2 aromatic rings. The predicted molar refractivity (Wildman–Crippen MR) is 65.6 cm³/mol. The van der Waals surface area contributed by atoms with E-state index in [4.69, 9.17) is 4.74 Å². The van der Waals surface area contributed by atoms with Crippen LogP contribution in [0.1, 0.15) is 5.56 Å². The van der Waals surface area contributed by atoms with E-state index in [1.807, 2.05) is 19.2 Å². The average Bonchev–Trinajstić information content (AvgIpc) is 2.34. The van der Waals surface area contributed by atoms with Gasteiger partial charge in [0.25, 0.3) is 0 Å². The van der Waals surface area contributed by atoms with Gasteiger partial charge in [-0.1, -0.05) is 12.1 Å². The molecule has 0 aliphatic carbocycles. The molecule has 1 N–H and O–H groups in total. The standard InChI is InChI=1S/C14H13F2NO/c1-17-9-10-3-2-4-12(7-10)18-14-6-5-11(15)8-13(14)16/h2-8,17H,9H2,1H3. The summed E-state index contributed by atoms with van der Waals surface area (Å²) in [7, 11) is 1.84. The van der Waals surface area contributed by atoms with Crippen molar-refractivity contribution in [3.05, 3.63) is 59.7 Å². The highest BCUT2D eigenvalue weighted by Gasteiger charge is 2.06. The van der Waals surface area contributed by atoms with Crippen LogP contribution in [0.5, 0.6) is 11.5 Å². The second kappa shape index (κ2) is 5.60. The zero-order valence-corrected chi connectivity index (χ0v) is 9.91. The third-order valence-corrected chi connectivity index (χ3v) is 2.40. The molecule has 0 aromatic heterocycles. The minimum atomic E-state index is -0.714. The molecule has 0 spiro atoms. The van der Waals surface area contributed by atoms with Gasteiger partial charge in [-0.05, 0) is 36.9 Å². The molecule has 0 aliphatic rings. The Labute approximate surface area is 104 Å². The number of nitrogens with one attached hydrogen (secondary N) is 1. The largest absolute Gasteiger partial charge is 0.454 e. The molecule has 0 atom stereocenters. The van der Waals surface area contributed by atoms with Gasteiger partial charge in [0.1, 0.15) is 11.6 Å². The van der Waals surface area contributed by atoms with Crippen LogP contribution in [0.3, 0.4) is 0 Å². The normalized spacial score (nSPS) is 10.4. The van der Waals surface area contributed by atoms with Crippen LogP contribution in [-0.2, 0) is 6.54 Å². The summed E-state index contributed by atoms with van der Waals surface area (Å²) in [5.41, 5.74) is 1.03. The van der Waals surface area contributed by atoms with Crippen LogP contribution >= 0.6 is 0 Å². The van der Waals surface area contributed by atoms with Crippen molar-refractivity contribution in [2.24, 2.45) is 0 Å². The van der Waals surface area contributed by atoms with Crippen LogP contribution in [0.25, 0.3) is 0 Å². The Bertz CT molecular complexity index is 543. The van der Waals surface area contributed by atoms with E-state index in [2.05, 4.69) is 5.32 Å². The highest BCUT2D eigenvalue weighted by Crippen LogP contribution is 2.25. The fourth-order valence-corrected chi connectivity index (χ4v) is 1.61. The van der Waals surface area contributed by atoms with Gasteiger partial charge in [-0.2, -0.15) is 0 Å². The Kier molecular flexibility index (Phi) is 3.89. The van der Waals surface area contributed by atoms with E-state index in [9.17, 15) is 8.78 Å². The maximum Gasteiger partial charge on any atom is 0.168 e. The van der Waals surface area contributed by atoms with Crippen LogP contribution in [0.2, 0.25) is 0 Å². The van der Waals surface area contributed by atoms with Crippen molar-refractivity contribution in [2.75, 3.05) is 7.05 Å². The summed E-state index contributed by atoms with van der Waals surface area (Å²) in [6, 6.07) is 10.5. The van der Waals surface area contributed by atoms with E-state index >= 15 is 0 Å². The average molecular weight is 249 g/mol. The molecule has 2 nitrogen and oxygen atoms in total. The zero-order chi connectivity index (χ0) is 13.0. The lowest BCUT2D eigenvalue weighted by molar-refractivity contribution is 0.437. The van der Waals surface area contributed by atoms with Gasteiger partial charge in [0.05, 0.1) is 0 Å². The van der Waals surface area contributed by atoms with E-state index in [1.165, 1.54) is 6.07 Å². The molecule has 4 heteroatoms. The molecular weight excluding hydrogens is 236 g/mol. The van der Waals surface area contributed by atoms with E-state index in [0.29, 0.717) is 12.3 Å². The first-order chi connectivity index (χ1) is 8.69. The molecule has 0 bridgehead atoms. The first kappa shape index (κ1) is 12.5. The van der Waals surface area contributed by atoms with Gasteiger partial charge < -0.3 is 10.1 Å². The second-order valence-electron chi connectivity index (χ2n) is 3.85. The van der Waals surface area contributed by atoms with Gasteiger partial charge in [0, 0.05) is 12.6 Å². The highest BCUT2D eigenvalue weighted by molar-refractivity contribution is 5.34. The minimum absolute atomic E-state index is 0.0120. The third kappa shape index (κ3) is 3.05. The third-order valence-electron chi connectivity index (χ3n) is 2.40. The molecule has 0 saturated carbocycles. The molecule has 18 heavy (non-hydrogen) atoms. The number of ether oxygens (including phenoxy) is 1.